The first-order valence-electron chi connectivity index (χ1n) is 5.04. The quantitative estimate of drug-likeness (QED) is 0.698. The molecule has 0 bridgehead atoms. The van der Waals surface area contributed by atoms with Gasteiger partial charge in [0.2, 0.25) is 6.73 Å². The van der Waals surface area contributed by atoms with Crippen LogP contribution in [0.3, 0.4) is 0 Å². The molecule has 0 radical (unpaired) electrons. The van der Waals surface area contributed by atoms with E-state index in [4.69, 9.17) is 4.74 Å². The Morgan fingerprint density at radius 2 is 1.94 bits per heavy atom. The van der Waals surface area contributed by atoms with Gasteiger partial charge in [-0.05, 0) is 13.8 Å². The van der Waals surface area contributed by atoms with E-state index in [1.54, 1.807) is 13.8 Å². The highest BCUT2D eigenvalue weighted by Gasteiger charge is 2.12. The lowest BCUT2D eigenvalue weighted by atomic mass is 10.5. The van der Waals surface area contributed by atoms with Crippen LogP contribution in [0.2, 0.25) is 0 Å². The van der Waals surface area contributed by atoms with Crippen molar-refractivity contribution in [2.45, 2.75) is 20.6 Å². The second-order valence-electron chi connectivity index (χ2n) is 2.78. The maximum atomic E-state index is 11.2. The molecule has 8 nitrogen and oxygen atoms in total. The minimum atomic E-state index is -0.817. The third-order valence-electron chi connectivity index (χ3n) is 1.58. The smallest absolute Gasteiger partial charge is 0.461 e. The second-order valence-corrected chi connectivity index (χ2v) is 2.78. The van der Waals surface area contributed by atoms with Gasteiger partial charge in [-0.15, -0.1) is 9.90 Å². The Kier molecular flexibility index (Phi) is 4.92. The number of nitrogens with zero attached hydrogens (tertiary/aromatic N) is 3. The Bertz CT molecular complexity index is 390. The van der Waals surface area contributed by atoms with Crippen molar-refractivity contribution in [1.29, 1.82) is 0 Å². The normalized spacial score (nSPS) is 9.76. The lowest BCUT2D eigenvalue weighted by molar-refractivity contribution is 0.0291. The summed E-state index contributed by atoms with van der Waals surface area (Å²) < 4.78 is 13.9. The summed E-state index contributed by atoms with van der Waals surface area (Å²) in [5.74, 6) is -0.574. The van der Waals surface area contributed by atoms with Gasteiger partial charge in [-0.25, -0.2) is 9.59 Å². The zero-order valence-corrected chi connectivity index (χ0v) is 9.58. The molecular formula is C9H13N3O5. The number of carbonyl (C=O) groups excluding carboxylic acids is 2. The highest BCUT2D eigenvalue weighted by molar-refractivity contribution is 5.86. The maximum Gasteiger partial charge on any atom is 0.510 e. The van der Waals surface area contributed by atoms with Gasteiger partial charge in [-0.3, -0.25) is 0 Å². The highest BCUT2D eigenvalue weighted by Crippen LogP contribution is 1.96. The van der Waals surface area contributed by atoms with E-state index in [2.05, 4.69) is 19.7 Å². The van der Waals surface area contributed by atoms with Gasteiger partial charge in [0.25, 0.3) is 0 Å². The van der Waals surface area contributed by atoms with E-state index in [0.717, 1.165) is 4.80 Å². The zero-order valence-electron chi connectivity index (χ0n) is 9.58. The van der Waals surface area contributed by atoms with Crippen LogP contribution in [0.5, 0.6) is 0 Å². The van der Waals surface area contributed by atoms with Crippen LogP contribution in [0.1, 0.15) is 24.3 Å². The third kappa shape index (κ3) is 4.09. The molecule has 0 aliphatic rings. The third-order valence-corrected chi connectivity index (χ3v) is 1.58. The Balaban J connectivity index is 2.45. The van der Waals surface area contributed by atoms with Crippen molar-refractivity contribution in [3.05, 3.63) is 11.9 Å². The van der Waals surface area contributed by atoms with E-state index in [1.165, 1.54) is 6.20 Å². The van der Waals surface area contributed by atoms with Gasteiger partial charge < -0.3 is 14.2 Å². The van der Waals surface area contributed by atoms with Crippen LogP contribution >= 0.6 is 0 Å². The molecule has 0 aliphatic heterocycles. The molecule has 0 N–H and O–H groups in total. The molecule has 0 atom stereocenters. The lowest BCUT2D eigenvalue weighted by Crippen LogP contribution is -2.13. The fourth-order valence-corrected chi connectivity index (χ4v) is 0.928. The fraction of sp³-hybridized carbons (Fsp3) is 0.556. The molecule has 0 aromatic carbocycles. The topological polar surface area (TPSA) is 92.5 Å². The van der Waals surface area contributed by atoms with Crippen molar-refractivity contribution in [1.82, 2.24) is 15.0 Å². The molecule has 1 heterocycles. The summed E-state index contributed by atoms with van der Waals surface area (Å²) in [6, 6.07) is 0. The molecule has 0 spiro atoms. The van der Waals surface area contributed by atoms with Crippen LogP contribution < -0.4 is 0 Å². The number of ether oxygens (including phenoxy) is 3. The number of carbonyl (C=O) groups is 2. The first-order valence-corrected chi connectivity index (χ1v) is 5.04. The van der Waals surface area contributed by atoms with Crippen molar-refractivity contribution >= 4 is 12.1 Å². The SMILES string of the molecule is CCOC(=O)OCn1ncc(C(=O)OCC)n1. The molecule has 0 saturated heterocycles. The molecule has 0 unspecified atom stereocenters. The standard InChI is InChI=1S/C9H13N3O5/c1-3-15-8(13)7-5-10-12(11-7)6-17-9(14)16-4-2/h5H,3-4,6H2,1-2H3. The largest absolute Gasteiger partial charge is 0.510 e. The van der Waals surface area contributed by atoms with E-state index in [9.17, 15) is 9.59 Å². The molecular weight excluding hydrogens is 230 g/mol. The summed E-state index contributed by atoms with van der Waals surface area (Å²) in [6.07, 6.45) is 0.412. The zero-order chi connectivity index (χ0) is 12.7. The number of rotatable bonds is 5. The fourth-order valence-electron chi connectivity index (χ4n) is 0.928. The highest BCUT2D eigenvalue weighted by atomic mass is 16.7. The molecule has 94 valence electrons. The van der Waals surface area contributed by atoms with E-state index in [0.29, 0.717) is 0 Å². The molecule has 0 fully saturated rings. The van der Waals surface area contributed by atoms with Crippen molar-refractivity contribution in [2.24, 2.45) is 0 Å². The molecule has 17 heavy (non-hydrogen) atoms. The van der Waals surface area contributed by atoms with Gasteiger partial charge in [0.1, 0.15) is 0 Å². The summed E-state index contributed by atoms with van der Waals surface area (Å²) in [7, 11) is 0. The molecule has 0 saturated carbocycles. The van der Waals surface area contributed by atoms with Gasteiger partial charge in [-0.2, -0.15) is 5.10 Å². The Morgan fingerprint density at radius 1 is 1.24 bits per heavy atom. The average molecular weight is 243 g/mol. The van der Waals surface area contributed by atoms with E-state index in [1.807, 2.05) is 0 Å². The van der Waals surface area contributed by atoms with Crippen molar-refractivity contribution < 1.29 is 23.8 Å². The number of hydrogen-bond acceptors (Lipinski definition) is 7. The maximum absolute atomic E-state index is 11.2. The van der Waals surface area contributed by atoms with E-state index < -0.39 is 12.1 Å². The first kappa shape index (κ1) is 12.9. The summed E-state index contributed by atoms with van der Waals surface area (Å²) >= 11 is 0. The predicted molar refractivity (Wildman–Crippen MR) is 54.1 cm³/mol. The van der Waals surface area contributed by atoms with Crippen LogP contribution in [-0.2, 0) is 20.9 Å². The van der Waals surface area contributed by atoms with E-state index >= 15 is 0 Å². The van der Waals surface area contributed by atoms with Crippen LogP contribution in [0.25, 0.3) is 0 Å². The molecule has 0 aliphatic carbocycles. The van der Waals surface area contributed by atoms with Gasteiger partial charge in [0.05, 0.1) is 19.4 Å². The summed E-state index contributed by atoms with van der Waals surface area (Å²) in [4.78, 5) is 23.1. The van der Waals surface area contributed by atoms with E-state index in [-0.39, 0.29) is 25.6 Å². The molecule has 1 rings (SSSR count). The van der Waals surface area contributed by atoms with Crippen molar-refractivity contribution in [3.8, 4) is 0 Å². The van der Waals surface area contributed by atoms with Crippen LogP contribution in [0.4, 0.5) is 4.79 Å². The molecule has 8 heteroatoms. The van der Waals surface area contributed by atoms with Gasteiger partial charge in [0.15, 0.2) is 5.69 Å². The molecule has 1 aromatic heterocycles. The average Bonchev–Trinajstić information content (AvgIpc) is 2.76. The summed E-state index contributed by atoms with van der Waals surface area (Å²) in [5.41, 5.74) is 0.0549. The van der Waals surface area contributed by atoms with Crippen molar-refractivity contribution in [2.75, 3.05) is 13.2 Å². The lowest BCUT2D eigenvalue weighted by Gasteiger charge is -2.02. The Morgan fingerprint density at radius 3 is 2.59 bits per heavy atom. The number of esters is 1. The van der Waals surface area contributed by atoms with Crippen LogP contribution in [-0.4, -0.2) is 40.3 Å². The van der Waals surface area contributed by atoms with Gasteiger partial charge in [-0.1, -0.05) is 0 Å². The Labute approximate surface area is 97.4 Å². The minimum Gasteiger partial charge on any atom is -0.461 e. The Hall–Kier alpha value is -2.12. The summed E-state index contributed by atoms with van der Waals surface area (Å²) in [5, 5.41) is 7.48. The predicted octanol–water partition coefficient (Wildman–Crippen LogP) is 0.585. The minimum absolute atomic E-state index is 0.0549. The molecule has 1 aromatic rings. The van der Waals surface area contributed by atoms with Crippen LogP contribution in [0, 0.1) is 0 Å². The number of aromatic nitrogens is 3. The van der Waals surface area contributed by atoms with Crippen LogP contribution in [0.15, 0.2) is 6.20 Å². The van der Waals surface area contributed by atoms with Gasteiger partial charge >= 0.3 is 12.1 Å². The van der Waals surface area contributed by atoms with Gasteiger partial charge in [0, 0.05) is 0 Å². The summed E-state index contributed by atoms with van der Waals surface area (Å²) in [6.45, 7) is 3.60. The second kappa shape index (κ2) is 6.46. The number of hydrogen-bond donors (Lipinski definition) is 0. The molecule has 0 amide bonds. The van der Waals surface area contributed by atoms with Crippen molar-refractivity contribution in [3.63, 3.8) is 0 Å². The first-order chi connectivity index (χ1) is 8.17. The monoisotopic (exact) mass is 243 g/mol.